The molecule has 0 saturated heterocycles. The average molecular weight is 476 g/mol. The highest BCUT2D eigenvalue weighted by Gasteiger charge is 2.22. The minimum absolute atomic E-state index is 0.0557. The maximum atomic E-state index is 12.8. The molecule has 2 aromatic carbocycles. The van der Waals surface area contributed by atoms with Crippen LogP contribution in [0.3, 0.4) is 0 Å². The van der Waals surface area contributed by atoms with Crippen molar-refractivity contribution in [3.8, 4) is 0 Å². The molecule has 0 fully saturated rings. The minimum Gasteiger partial charge on any atom is -0.467 e. The highest BCUT2D eigenvalue weighted by molar-refractivity contribution is 7.92. The summed E-state index contributed by atoms with van der Waals surface area (Å²) < 4.78 is 33.2. The normalized spacial score (nSPS) is 12.1. The lowest BCUT2D eigenvalue weighted by Gasteiger charge is -2.15. The van der Waals surface area contributed by atoms with E-state index >= 15 is 0 Å². The standard InChI is InChI=1S/C22H22ClN3O5S/c1-14-5-3-6-16(11-14)26-32(29,30)18-8-9-20(23)19(12-18)22(28)25-15(2)21(27)24-13-17-7-4-10-31-17/h3-12,15,26H,13H2,1-2H3,(H,24,27)(H,25,28). The molecule has 8 nitrogen and oxygen atoms in total. The molecular weight excluding hydrogens is 454 g/mol. The van der Waals surface area contributed by atoms with Crippen LogP contribution < -0.4 is 15.4 Å². The highest BCUT2D eigenvalue weighted by Crippen LogP contribution is 2.23. The fraction of sp³-hybridized carbons (Fsp3) is 0.182. The first-order valence-corrected chi connectivity index (χ1v) is 11.5. The van der Waals surface area contributed by atoms with Crippen molar-refractivity contribution in [1.29, 1.82) is 0 Å². The molecule has 168 valence electrons. The Balaban J connectivity index is 1.71. The van der Waals surface area contributed by atoms with E-state index in [1.165, 1.54) is 31.4 Å². The van der Waals surface area contributed by atoms with E-state index < -0.39 is 27.9 Å². The van der Waals surface area contributed by atoms with Gasteiger partial charge in [0, 0.05) is 5.69 Å². The Bertz CT molecular complexity index is 1230. The zero-order valence-electron chi connectivity index (χ0n) is 17.4. The van der Waals surface area contributed by atoms with Crippen molar-refractivity contribution in [2.75, 3.05) is 4.72 Å². The smallest absolute Gasteiger partial charge is 0.261 e. The SMILES string of the molecule is Cc1cccc(NS(=O)(=O)c2ccc(Cl)c(C(=O)NC(C)C(=O)NCc3ccco3)c2)c1. The van der Waals surface area contributed by atoms with Gasteiger partial charge in [0.25, 0.3) is 15.9 Å². The molecule has 1 atom stereocenters. The zero-order chi connectivity index (χ0) is 23.3. The highest BCUT2D eigenvalue weighted by atomic mass is 35.5. The first kappa shape index (κ1) is 23.4. The molecule has 10 heteroatoms. The summed E-state index contributed by atoms with van der Waals surface area (Å²) in [4.78, 5) is 24.8. The molecular formula is C22H22ClN3O5S. The zero-order valence-corrected chi connectivity index (χ0v) is 19.0. The second-order valence-corrected chi connectivity index (χ2v) is 9.20. The molecule has 1 unspecified atom stereocenters. The number of amides is 2. The van der Waals surface area contributed by atoms with Gasteiger partial charge in [-0.1, -0.05) is 23.7 Å². The van der Waals surface area contributed by atoms with Crippen LogP contribution in [0, 0.1) is 6.92 Å². The van der Waals surface area contributed by atoms with E-state index in [1.807, 2.05) is 13.0 Å². The third-order valence-corrected chi connectivity index (χ3v) is 6.23. The molecule has 0 aliphatic rings. The van der Waals surface area contributed by atoms with Crippen molar-refractivity contribution in [1.82, 2.24) is 10.6 Å². The lowest BCUT2D eigenvalue weighted by Crippen LogP contribution is -2.44. The van der Waals surface area contributed by atoms with Gasteiger partial charge >= 0.3 is 0 Å². The maximum Gasteiger partial charge on any atom is 0.261 e. The summed E-state index contributed by atoms with van der Waals surface area (Å²) in [7, 11) is -3.96. The lowest BCUT2D eigenvalue weighted by molar-refractivity contribution is -0.122. The van der Waals surface area contributed by atoms with Crippen LogP contribution in [-0.4, -0.2) is 26.3 Å². The van der Waals surface area contributed by atoms with Gasteiger partial charge in [0.15, 0.2) is 0 Å². The molecule has 3 aromatic rings. The lowest BCUT2D eigenvalue weighted by atomic mass is 10.2. The van der Waals surface area contributed by atoms with Gasteiger partial charge in [-0.05, 0) is 61.9 Å². The number of carbonyl (C=O) groups excluding carboxylic acids is 2. The summed E-state index contributed by atoms with van der Waals surface area (Å²) >= 11 is 6.12. The molecule has 1 heterocycles. The molecule has 0 radical (unpaired) electrons. The summed E-state index contributed by atoms with van der Waals surface area (Å²) in [5.74, 6) is -0.544. The number of furan rings is 1. The van der Waals surface area contributed by atoms with Crippen molar-refractivity contribution in [3.63, 3.8) is 0 Å². The van der Waals surface area contributed by atoms with Crippen LogP contribution in [0.5, 0.6) is 0 Å². The van der Waals surface area contributed by atoms with Gasteiger partial charge in [-0.25, -0.2) is 8.42 Å². The third kappa shape index (κ3) is 5.89. The van der Waals surface area contributed by atoms with E-state index in [0.717, 1.165) is 5.56 Å². The summed E-state index contributed by atoms with van der Waals surface area (Å²) in [5.41, 5.74) is 1.22. The first-order chi connectivity index (χ1) is 15.2. The average Bonchev–Trinajstić information content (AvgIpc) is 3.25. The number of anilines is 1. The second-order valence-electron chi connectivity index (χ2n) is 7.11. The van der Waals surface area contributed by atoms with Gasteiger partial charge in [0.2, 0.25) is 5.91 Å². The molecule has 0 spiro atoms. The van der Waals surface area contributed by atoms with Gasteiger partial charge in [0.1, 0.15) is 11.8 Å². The van der Waals surface area contributed by atoms with Gasteiger partial charge in [-0.3, -0.25) is 14.3 Å². The Hall–Kier alpha value is -3.30. The van der Waals surface area contributed by atoms with Gasteiger partial charge < -0.3 is 15.1 Å². The van der Waals surface area contributed by atoms with Crippen molar-refractivity contribution < 1.29 is 22.4 Å². The summed E-state index contributed by atoms with van der Waals surface area (Å²) in [6.45, 7) is 3.52. The topological polar surface area (TPSA) is 118 Å². The molecule has 0 saturated carbocycles. The quantitative estimate of drug-likeness (QED) is 0.461. The van der Waals surface area contributed by atoms with Crippen LogP contribution in [0.4, 0.5) is 5.69 Å². The van der Waals surface area contributed by atoms with Crippen molar-refractivity contribution in [2.45, 2.75) is 31.3 Å². The van der Waals surface area contributed by atoms with Crippen LogP contribution in [0.15, 0.2) is 70.2 Å². The monoisotopic (exact) mass is 475 g/mol. The molecule has 3 N–H and O–H groups in total. The molecule has 0 aliphatic carbocycles. The fourth-order valence-electron chi connectivity index (χ4n) is 2.85. The van der Waals surface area contributed by atoms with Crippen molar-refractivity contribution in [2.24, 2.45) is 0 Å². The minimum atomic E-state index is -3.96. The van der Waals surface area contributed by atoms with E-state index in [4.69, 9.17) is 16.0 Å². The Kier molecular flexibility index (Phi) is 7.22. The predicted molar refractivity (Wildman–Crippen MR) is 121 cm³/mol. The van der Waals surface area contributed by atoms with E-state index in [0.29, 0.717) is 11.4 Å². The molecule has 3 rings (SSSR count). The van der Waals surface area contributed by atoms with Crippen LogP contribution in [-0.2, 0) is 21.4 Å². The number of rotatable bonds is 8. The maximum absolute atomic E-state index is 12.8. The van der Waals surface area contributed by atoms with E-state index in [1.54, 1.807) is 30.3 Å². The number of sulfonamides is 1. The summed E-state index contributed by atoms with van der Waals surface area (Å²) in [5, 5.41) is 5.21. The van der Waals surface area contributed by atoms with Crippen LogP contribution in [0.25, 0.3) is 0 Å². The Morgan fingerprint density at radius 2 is 1.88 bits per heavy atom. The number of carbonyl (C=O) groups is 2. The summed E-state index contributed by atoms with van der Waals surface area (Å²) in [6, 6.07) is 13.2. The number of aryl methyl sites for hydroxylation is 1. The number of nitrogens with one attached hydrogen (secondary N) is 3. The fourth-order valence-corrected chi connectivity index (χ4v) is 4.13. The number of halogens is 1. The van der Waals surface area contributed by atoms with E-state index in [9.17, 15) is 18.0 Å². The molecule has 0 aliphatic heterocycles. The molecule has 32 heavy (non-hydrogen) atoms. The van der Waals surface area contributed by atoms with E-state index in [2.05, 4.69) is 15.4 Å². The van der Waals surface area contributed by atoms with Crippen molar-refractivity contribution >= 4 is 39.1 Å². The van der Waals surface area contributed by atoms with Crippen LogP contribution >= 0.6 is 11.6 Å². The largest absolute Gasteiger partial charge is 0.467 e. The van der Waals surface area contributed by atoms with Crippen LogP contribution in [0.1, 0.15) is 28.6 Å². The summed E-state index contributed by atoms with van der Waals surface area (Å²) in [6.07, 6.45) is 1.49. The Labute approximate surface area is 191 Å². The predicted octanol–water partition coefficient (Wildman–Crippen LogP) is 3.48. The number of hydrogen-bond donors (Lipinski definition) is 3. The van der Waals surface area contributed by atoms with Crippen molar-refractivity contribution in [3.05, 3.63) is 82.8 Å². The molecule has 0 bridgehead atoms. The van der Waals surface area contributed by atoms with Gasteiger partial charge in [-0.2, -0.15) is 0 Å². The van der Waals surface area contributed by atoms with Crippen LogP contribution in [0.2, 0.25) is 5.02 Å². The Morgan fingerprint density at radius 1 is 1.09 bits per heavy atom. The Morgan fingerprint density at radius 3 is 2.56 bits per heavy atom. The van der Waals surface area contributed by atoms with E-state index in [-0.39, 0.29) is 22.0 Å². The number of hydrogen-bond acceptors (Lipinski definition) is 5. The van der Waals surface area contributed by atoms with Gasteiger partial charge in [0.05, 0.1) is 28.3 Å². The molecule has 2 amide bonds. The third-order valence-electron chi connectivity index (χ3n) is 4.52. The number of benzene rings is 2. The second kappa shape index (κ2) is 9.88. The van der Waals surface area contributed by atoms with Gasteiger partial charge in [-0.15, -0.1) is 0 Å². The molecule has 1 aromatic heterocycles. The first-order valence-electron chi connectivity index (χ1n) is 9.66.